The van der Waals surface area contributed by atoms with Gasteiger partial charge in [0.1, 0.15) is 11.6 Å². The molecule has 4 heterocycles. The van der Waals surface area contributed by atoms with Crippen molar-refractivity contribution in [3.63, 3.8) is 0 Å². The highest BCUT2D eigenvalue weighted by Crippen LogP contribution is 2.31. The molecule has 2 saturated heterocycles. The van der Waals surface area contributed by atoms with Crippen LogP contribution in [0, 0.1) is 12.8 Å². The molecule has 10 nitrogen and oxygen atoms in total. The number of nitrogens with zero attached hydrogens (tertiary/aromatic N) is 4. The van der Waals surface area contributed by atoms with Gasteiger partial charge >= 0.3 is 10.2 Å². The minimum atomic E-state index is -3.79. The first-order valence-corrected chi connectivity index (χ1v) is 13.8. The molecule has 1 aromatic carbocycles. The molecular weight excluding hydrogens is 480 g/mol. The van der Waals surface area contributed by atoms with Crippen molar-refractivity contribution < 1.29 is 17.9 Å². The van der Waals surface area contributed by atoms with Crippen LogP contribution < -0.4 is 20.1 Å². The Labute approximate surface area is 212 Å². The zero-order valence-corrected chi connectivity index (χ0v) is 21.4. The smallest absolute Gasteiger partial charge is 0.344 e. The fourth-order valence-electron chi connectivity index (χ4n) is 4.63. The van der Waals surface area contributed by atoms with Crippen molar-refractivity contribution in [2.24, 2.45) is 16.0 Å². The lowest BCUT2D eigenvalue weighted by Gasteiger charge is -2.33. The number of piperidine rings is 2. The number of aromatic nitrogens is 1. The minimum Gasteiger partial charge on any atom is -0.492 e. The second-order valence-electron chi connectivity index (χ2n) is 9.39. The number of hydrogen-bond donors (Lipinski definition) is 2. The van der Waals surface area contributed by atoms with Crippen LogP contribution in [-0.2, 0) is 15.0 Å². The van der Waals surface area contributed by atoms with Crippen molar-refractivity contribution in [2.45, 2.75) is 39.0 Å². The maximum absolute atomic E-state index is 11.7. The van der Waals surface area contributed by atoms with Crippen LogP contribution in [0.5, 0.6) is 5.75 Å². The van der Waals surface area contributed by atoms with E-state index >= 15 is 0 Å². The maximum atomic E-state index is 11.7. The molecule has 5 rings (SSSR count). The van der Waals surface area contributed by atoms with Gasteiger partial charge in [-0.1, -0.05) is 12.1 Å². The first-order chi connectivity index (χ1) is 17.3. The molecule has 3 aliphatic heterocycles. The van der Waals surface area contributed by atoms with E-state index in [2.05, 4.69) is 31.1 Å². The molecule has 1 unspecified atom stereocenters. The summed E-state index contributed by atoms with van der Waals surface area (Å²) in [4.78, 5) is 18.7. The summed E-state index contributed by atoms with van der Waals surface area (Å²) in [5, 5.41) is 0. The molecule has 0 saturated carbocycles. The van der Waals surface area contributed by atoms with Gasteiger partial charge in [-0.2, -0.15) is 8.42 Å². The van der Waals surface area contributed by atoms with E-state index < -0.39 is 10.2 Å². The van der Waals surface area contributed by atoms with Crippen LogP contribution in [0.4, 0.5) is 11.5 Å². The quantitative estimate of drug-likeness (QED) is 0.587. The molecule has 1 amide bonds. The van der Waals surface area contributed by atoms with Crippen LogP contribution in [0.1, 0.15) is 43.2 Å². The highest BCUT2D eigenvalue weighted by molar-refractivity contribution is 7.91. The van der Waals surface area contributed by atoms with E-state index in [1.54, 1.807) is 18.2 Å². The first kappa shape index (κ1) is 25.7. The van der Waals surface area contributed by atoms with Gasteiger partial charge in [-0.3, -0.25) is 9.52 Å². The van der Waals surface area contributed by atoms with E-state index in [-0.39, 0.29) is 5.84 Å². The standard InChI is InChI=1S/C19H23N5O3S.C6H11NO/c1-13-7-8-17(21-10-13)24-9-3-4-14(11-24)12-27-16-6-2-5-15-18(16)19(20)23-28(25,26)22-15;8-6-7-4-2-1-3-5-7/h2,5-8,10,14,22H,3-4,9,11-12H2,1H3,(H2,20,23);6H,1-5H2. The first-order valence-electron chi connectivity index (χ1n) is 12.4. The SMILES string of the molecule is Cc1ccc(N2CCCC(COc3cccc4c3C(N)=NS(=O)(=O)N4)C2)nc1.O=CN1CCCCC1. The third-order valence-electron chi connectivity index (χ3n) is 6.49. The number of rotatable bonds is 5. The van der Waals surface area contributed by atoms with Gasteiger partial charge in [0.2, 0.25) is 6.41 Å². The number of nitrogens with two attached hydrogens (primary N) is 1. The Hall–Kier alpha value is -3.34. The Balaban J connectivity index is 0.000000325. The summed E-state index contributed by atoms with van der Waals surface area (Å²) >= 11 is 0. The van der Waals surface area contributed by atoms with Crippen LogP contribution in [0.2, 0.25) is 0 Å². The van der Waals surface area contributed by atoms with Crippen molar-refractivity contribution in [2.75, 3.05) is 42.4 Å². The number of anilines is 2. The van der Waals surface area contributed by atoms with Crippen molar-refractivity contribution in [3.05, 3.63) is 47.7 Å². The Bertz CT molecular complexity index is 1180. The number of benzene rings is 1. The number of hydrogen-bond acceptors (Lipinski definition) is 7. The fourth-order valence-corrected chi connectivity index (χ4v) is 5.47. The van der Waals surface area contributed by atoms with Gasteiger partial charge in [0.05, 0.1) is 17.9 Å². The molecule has 0 radical (unpaired) electrons. The average molecular weight is 515 g/mol. The minimum absolute atomic E-state index is 0.0570. The van der Waals surface area contributed by atoms with Crippen LogP contribution in [-0.4, -0.2) is 63.3 Å². The van der Waals surface area contributed by atoms with Crippen molar-refractivity contribution in [1.82, 2.24) is 9.88 Å². The molecule has 11 heteroatoms. The summed E-state index contributed by atoms with van der Waals surface area (Å²) in [7, 11) is -3.79. The maximum Gasteiger partial charge on any atom is 0.344 e. The molecule has 2 aromatic rings. The summed E-state index contributed by atoms with van der Waals surface area (Å²) < 4.78 is 35.4. The van der Waals surface area contributed by atoms with Crippen molar-refractivity contribution >= 4 is 34.0 Å². The van der Waals surface area contributed by atoms with Gasteiger partial charge in [0.15, 0.2) is 5.84 Å². The molecule has 0 bridgehead atoms. The number of aryl methyl sites for hydroxylation is 1. The van der Waals surface area contributed by atoms with E-state index in [4.69, 9.17) is 10.5 Å². The number of nitrogens with one attached hydrogen (secondary N) is 1. The molecule has 2 fully saturated rings. The average Bonchev–Trinajstić information content (AvgIpc) is 2.88. The number of carbonyl (C=O) groups is 1. The van der Waals surface area contributed by atoms with E-state index in [0.29, 0.717) is 29.5 Å². The third-order valence-corrected chi connectivity index (χ3v) is 7.41. The highest BCUT2D eigenvalue weighted by Gasteiger charge is 2.26. The van der Waals surface area contributed by atoms with E-state index in [1.165, 1.54) is 19.3 Å². The summed E-state index contributed by atoms with van der Waals surface area (Å²) in [5.41, 5.74) is 7.90. The van der Waals surface area contributed by atoms with Gasteiger partial charge in [-0.25, -0.2) is 4.98 Å². The third kappa shape index (κ3) is 6.66. The number of amides is 1. The number of fused-ring (bicyclic) bond motifs is 1. The van der Waals surface area contributed by atoms with Crippen LogP contribution >= 0.6 is 0 Å². The molecule has 3 aliphatic rings. The lowest BCUT2D eigenvalue weighted by atomic mass is 9.99. The fraction of sp³-hybridized carbons (Fsp3) is 0.480. The lowest BCUT2D eigenvalue weighted by Crippen LogP contribution is -2.38. The Morgan fingerprint density at radius 2 is 1.94 bits per heavy atom. The summed E-state index contributed by atoms with van der Waals surface area (Å²) in [6, 6.07) is 9.28. The predicted octanol–water partition coefficient (Wildman–Crippen LogP) is 2.69. The largest absolute Gasteiger partial charge is 0.492 e. The molecule has 36 heavy (non-hydrogen) atoms. The number of ether oxygens (including phenoxy) is 1. The molecule has 0 aliphatic carbocycles. The molecule has 1 aromatic heterocycles. The highest BCUT2D eigenvalue weighted by atomic mass is 32.2. The van der Waals surface area contributed by atoms with Crippen molar-refractivity contribution in [3.8, 4) is 5.75 Å². The second kappa shape index (κ2) is 11.6. The number of likely N-dealkylation sites (tertiary alicyclic amines) is 1. The van der Waals surface area contributed by atoms with E-state index in [0.717, 1.165) is 56.8 Å². The topological polar surface area (TPSA) is 130 Å². The predicted molar refractivity (Wildman–Crippen MR) is 141 cm³/mol. The Morgan fingerprint density at radius 1 is 1.14 bits per heavy atom. The summed E-state index contributed by atoms with van der Waals surface area (Å²) in [5.74, 6) is 1.80. The zero-order chi connectivity index (χ0) is 25.5. The molecule has 1 atom stereocenters. The molecule has 0 spiro atoms. The summed E-state index contributed by atoms with van der Waals surface area (Å²) in [6.07, 6.45) is 8.64. The van der Waals surface area contributed by atoms with Gasteiger partial charge in [-0.15, -0.1) is 4.40 Å². The van der Waals surface area contributed by atoms with Gasteiger partial charge in [-0.05, 0) is 62.8 Å². The molecule has 3 N–H and O–H groups in total. The number of pyridine rings is 1. The van der Waals surface area contributed by atoms with Crippen LogP contribution in [0.3, 0.4) is 0 Å². The second-order valence-corrected chi connectivity index (χ2v) is 10.7. The van der Waals surface area contributed by atoms with Gasteiger partial charge in [0.25, 0.3) is 0 Å². The monoisotopic (exact) mass is 514 g/mol. The zero-order valence-electron chi connectivity index (χ0n) is 20.6. The molecular formula is C25H34N6O4S. The number of carbonyl (C=O) groups excluding carboxylic acids is 1. The van der Waals surface area contributed by atoms with E-state index in [9.17, 15) is 13.2 Å². The Kier molecular flexibility index (Phi) is 8.29. The number of amidine groups is 1. The van der Waals surface area contributed by atoms with E-state index in [1.807, 2.05) is 18.0 Å². The van der Waals surface area contributed by atoms with Crippen LogP contribution in [0.15, 0.2) is 40.9 Å². The Morgan fingerprint density at radius 3 is 2.64 bits per heavy atom. The van der Waals surface area contributed by atoms with Gasteiger partial charge in [0, 0.05) is 38.3 Å². The van der Waals surface area contributed by atoms with Gasteiger partial charge < -0.3 is 20.3 Å². The molecule has 194 valence electrons. The van der Waals surface area contributed by atoms with Crippen molar-refractivity contribution in [1.29, 1.82) is 0 Å². The summed E-state index contributed by atoms with van der Waals surface area (Å²) in [6.45, 7) is 6.33. The van der Waals surface area contributed by atoms with Crippen LogP contribution in [0.25, 0.3) is 0 Å². The normalized spacial score (nSPS) is 20.7. The lowest BCUT2D eigenvalue weighted by molar-refractivity contribution is -0.118.